The summed E-state index contributed by atoms with van der Waals surface area (Å²) in [5.74, 6) is 0. The first kappa shape index (κ1) is 17.9. The molecule has 1 aromatic rings. The fraction of sp³-hybridized carbons (Fsp3) is 0.611. The van der Waals surface area contributed by atoms with Crippen molar-refractivity contribution in [1.82, 2.24) is 10.2 Å². The van der Waals surface area contributed by atoms with E-state index < -0.39 is 0 Å². The van der Waals surface area contributed by atoms with E-state index in [0.29, 0.717) is 6.04 Å². The van der Waals surface area contributed by atoms with Crippen LogP contribution in [0.3, 0.4) is 0 Å². The molecule has 1 aliphatic carbocycles. The second-order valence-corrected chi connectivity index (χ2v) is 5.79. The van der Waals surface area contributed by atoms with Gasteiger partial charge in [0.15, 0.2) is 0 Å². The van der Waals surface area contributed by atoms with Crippen molar-refractivity contribution in [2.24, 2.45) is 0 Å². The first-order chi connectivity index (χ1) is 10.1. The van der Waals surface area contributed by atoms with Gasteiger partial charge in [0.25, 0.3) is 0 Å². The molecule has 0 saturated heterocycles. The first-order valence-corrected chi connectivity index (χ1v) is 8.04. The summed E-state index contributed by atoms with van der Waals surface area (Å²) < 4.78 is 0. The molecule has 118 valence electrons. The summed E-state index contributed by atoms with van der Waals surface area (Å²) in [6, 6.07) is 9.43. The van der Waals surface area contributed by atoms with Crippen molar-refractivity contribution in [3.63, 3.8) is 0 Å². The number of benzene rings is 1. The van der Waals surface area contributed by atoms with Crippen LogP contribution in [-0.2, 0) is 11.2 Å². The molecule has 1 unspecified atom stereocenters. The highest BCUT2D eigenvalue weighted by Gasteiger charge is 2.16. The second kappa shape index (κ2) is 9.69. The Kier molecular flexibility index (Phi) is 8.24. The van der Waals surface area contributed by atoms with Crippen LogP contribution >= 0.6 is 0 Å². The third-order valence-corrected chi connectivity index (χ3v) is 4.19. The zero-order valence-electron chi connectivity index (χ0n) is 13.9. The van der Waals surface area contributed by atoms with Gasteiger partial charge >= 0.3 is 0 Å². The fourth-order valence-corrected chi connectivity index (χ4v) is 2.71. The summed E-state index contributed by atoms with van der Waals surface area (Å²) in [4.78, 5) is 12.2. The fourth-order valence-electron chi connectivity index (χ4n) is 2.71. The van der Waals surface area contributed by atoms with Gasteiger partial charge in [0.05, 0.1) is 6.04 Å². The average Bonchev–Trinajstić information content (AvgIpc) is 2.54. The number of aldehydes is 1. The maximum Gasteiger partial charge on any atom is 0.136 e. The van der Waals surface area contributed by atoms with Gasteiger partial charge in [-0.1, -0.05) is 31.2 Å². The Morgan fingerprint density at radius 1 is 1.43 bits per heavy atom. The molecule has 0 fully saturated rings. The summed E-state index contributed by atoms with van der Waals surface area (Å²) in [5.41, 5.74) is 3.04. The van der Waals surface area contributed by atoms with Crippen LogP contribution in [0, 0.1) is 0 Å². The number of hydrogen-bond acceptors (Lipinski definition) is 3. The molecule has 0 saturated carbocycles. The molecule has 2 atom stereocenters. The van der Waals surface area contributed by atoms with Crippen molar-refractivity contribution in [2.45, 2.75) is 51.6 Å². The minimum absolute atomic E-state index is 0.0740. The van der Waals surface area contributed by atoms with E-state index in [-0.39, 0.29) is 6.04 Å². The lowest BCUT2D eigenvalue weighted by Crippen LogP contribution is -2.30. The predicted molar refractivity (Wildman–Crippen MR) is 89.6 cm³/mol. The standard InChI is InChI=1S/C11H15N.C7H15NO/c1-12-11-8-4-6-9-5-2-3-7-10(9)11;1-4-5-8(3)7(2)6-9/h2-3,5,7,11-12H,4,6,8H2,1H3;6-7H,4-5H2,1-3H3/t;7-/m.0/s1. The van der Waals surface area contributed by atoms with Crippen LogP contribution in [0.2, 0.25) is 0 Å². The maximum atomic E-state index is 10.2. The van der Waals surface area contributed by atoms with Crippen molar-refractivity contribution in [3.8, 4) is 0 Å². The van der Waals surface area contributed by atoms with E-state index in [4.69, 9.17) is 0 Å². The van der Waals surface area contributed by atoms with Crippen molar-refractivity contribution < 1.29 is 4.79 Å². The van der Waals surface area contributed by atoms with E-state index in [0.717, 1.165) is 19.3 Å². The van der Waals surface area contributed by atoms with Gasteiger partial charge in [-0.25, -0.2) is 0 Å². The number of carbonyl (C=O) groups excluding carboxylic acids is 1. The van der Waals surface area contributed by atoms with Crippen LogP contribution in [-0.4, -0.2) is 37.9 Å². The smallest absolute Gasteiger partial charge is 0.136 e. The minimum atomic E-state index is 0.0740. The minimum Gasteiger partial charge on any atom is -0.313 e. The Morgan fingerprint density at radius 3 is 2.76 bits per heavy atom. The number of likely N-dealkylation sites (N-methyl/N-ethyl adjacent to an activating group) is 1. The van der Waals surface area contributed by atoms with Crippen LogP contribution in [0.15, 0.2) is 24.3 Å². The topological polar surface area (TPSA) is 32.3 Å². The van der Waals surface area contributed by atoms with E-state index in [2.05, 4.69) is 36.5 Å². The van der Waals surface area contributed by atoms with E-state index in [9.17, 15) is 4.79 Å². The summed E-state index contributed by atoms with van der Waals surface area (Å²) in [6.07, 6.45) is 5.94. The van der Waals surface area contributed by atoms with Crippen molar-refractivity contribution in [1.29, 1.82) is 0 Å². The van der Waals surface area contributed by atoms with Gasteiger partial charge in [-0.2, -0.15) is 0 Å². The highest BCUT2D eigenvalue weighted by molar-refractivity contribution is 5.56. The Hall–Kier alpha value is -1.19. The lowest BCUT2D eigenvalue weighted by molar-refractivity contribution is -0.111. The molecule has 0 bridgehead atoms. The molecular weight excluding hydrogens is 260 g/mol. The van der Waals surface area contributed by atoms with Gasteiger partial charge in [-0.15, -0.1) is 0 Å². The SMILES string of the molecule is CCCN(C)[C@@H](C)C=O.CNC1CCCc2ccccc21. The van der Waals surface area contributed by atoms with Crippen LogP contribution in [0.25, 0.3) is 0 Å². The second-order valence-electron chi connectivity index (χ2n) is 5.79. The third-order valence-electron chi connectivity index (χ3n) is 4.19. The third kappa shape index (κ3) is 5.60. The molecule has 0 heterocycles. The maximum absolute atomic E-state index is 10.2. The van der Waals surface area contributed by atoms with Gasteiger partial charge in [0.2, 0.25) is 0 Å². The zero-order chi connectivity index (χ0) is 15.7. The highest BCUT2D eigenvalue weighted by atomic mass is 16.1. The van der Waals surface area contributed by atoms with Gasteiger partial charge in [0.1, 0.15) is 6.29 Å². The molecule has 3 nitrogen and oxygen atoms in total. The predicted octanol–water partition coefficient (Wildman–Crippen LogP) is 3.20. The normalized spacial score (nSPS) is 18.4. The molecule has 0 aromatic heterocycles. The summed E-state index contributed by atoms with van der Waals surface area (Å²) in [7, 11) is 4.01. The number of hydrogen-bond donors (Lipinski definition) is 1. The van der Waals surface area contributed by atoms with Gasteiger partial charge < -0.3 is 10.1 Å². The van der Waals surface area contributed by atoms with E-state index in [1.54, 1.807) is 0 Å². The molecule has 3 heteroatoms. The molecular formula is C18H30N2O. The molecule has 0 spiro atoms. The van der Waals surface area contributed by atoms with Gasteiger partial charge in [-0.3, -0.25) is 4.90 Å². The monoisotopic (exact) mass is 290 g/mol. The summed E-state index contributed by atoms with van der Waals surface area (Å²) >= 11 is 0. The van der Waals surface area contributed by atoms with Crippen molar-refractivity contribution >= 4 is 6.29 Å². The number of carbonyl (C=O) groups is 1. The first-order valence-electron chi connectivity index (χ1n) is 8.04. The van der Waals surface area contributed by atoms with Crippen molar-refractivity contribution in [2.75, 3.05) is 20.6 Å². The molecule has 1 aromatic carbocycles. The number of rotatable bonds is 5. The molecule has 21 heavy (non-hydrogen) atoms. The summed E-state index contributed by atoms with van der Waals surface area (Å²) in [5, 5.41) is 3.36. The van der Waals surface area contributed by atoms with Crippen LogP contribution in [0.5, 0.6) is 0 Å². The average molecular weight is 290 g/mol. The summed E-state index contributed by atoms with van der Waals surface area (Å²) in [6.45, 7) is 5.01. The Balaban J connectivity index is 0.000000222. The van der Waals surface area contributed by atoms with Crippen LogP contribution < -0.4 is 5.32 Å². The quantitative estimate of drug-likeness (QED) is 0.845. The number of fused-ring (bicyclic) bond motifs is 1. The van der Waals surface area contributed by atoms with Crippen LogP contribution in [0.1, 0.15) is 50.3 Å². The molecule has 0 aliphatic heterocycles. The highest BCUT2D eigenvalue weighted by Crippen LogP contribution is 2.28. The molecule has 0 radical (unpaired) electrons. The Bertz CT molecular complexity index is 419. The molecule has 0 amide bonds. The van der Waals surface area contributed by atoms with Gasteiger partial charge in [-0.05, 0) is 64.4 Å². The zero-order valence-corrected chi connectivity index (χ0v) is 13.9. The Morgan fingerprint density at radius 2 is 2.14 bits per heavy atom. The molecule has 1 aliphatic rings. The number of aryl methyl sites for hydroxylation is 1. The van der Waals surface area contributed by atoms with Crippen molar-refractivity contribution in [3.05, 3.63) is 35.4 Å². The molecule has 1 N–H and O–H groups in total. The van der Waals surface area contributed by atoms with E-state index in [1.807, 2.05) is 25.9 Å². The van der Waals surface area contributed by atoms with E-state index >= 15 is 0 Å². The van der Waals surface area contributed by atoms with Gasteiger partial charge in [0, 0.05) is 6.04 Å². The number of nitrogens with zero attached hydrogens (tertiary/aromatic N) is 1. The Labute approximate surface area is 129 Å². The lowest BCUT2D eigenvalue weighted by Gasteiger charge is -2.24. The largest absolute Gasteiger partial charge is 0.313 e. The lowest BCUT2D eigenvalue weighted by atomic mass is 9.88. The molecule has 2 rings (SSSR count). The van der Waals surface area contributed by atoms with Crippen LogP contribution in [0.4, 0.5) is 0 Å². The number of nitrogens with one attached hydrogen (secondary N) is 1. The van der Waals surface area contributed by atoms with E-state index in [1.165, 1.54) is 30.4 Å².